The molecule has 3 rings (SSSR count). The standard InChI is InChI=1S/C25H32N2O4/c1-18(2)26-25(29)19(3)27(14-13-20-7-5-4-6-8-20)24(28)12-10-21-9-11-22-23(17-21)31-16-15-30-22/h4-9,11,17-19H,10,12-16H2,1-3H3,(H,26,29). The number of nitrogens with zero attached hydrogens (tertiary/aromatic N) is 1. The van der Waals surface area contributed by atoms with Gasteiger partial charge < -0.3 is 19.7 Å². The summed E-state index contributed by atoms with van der Waals surface area (Å²) in [6, 6.07) is 15.3. The van der Waals surface area contributed by atoms with Crippen LogP contribution in [0.15, 0.2) is 48.5 Å². The topological polar surface area (TPSA) is 67.9 Å². The van der Waals surface area contributed by atoms with E-state index in [1.54, 1.807) is 11.8 Å². The molecule has 6 heteroatoms. The predicted octanol–water partition coefficient (Wildman–Crippen LogP) is 3.37. The lowest BCUT2D eigenvalue weighted by molar-refractivity contribution is -0.140. The molecule has 1 aliphatic heterocycles. The fraction of sp³-hybridized carbons (Fsp3) is 0.440. The van der Waals surface area contributed by atoms with Gasteiger partial charge in [-0.05, 0) is 56.9 Å². The molecule has 1 aliphatic rings. The summed E-state index contributed by atoms with van der Waals surface area (Å²) in [5.74, 6) is 1.31. The molecule has 0 saturated heterocycles. The Hall–Kier alpha value is -3.02. The van der Waals surface area contributed by atoms with Crippen molar-refractivity contribution in [3.05, 3.63) is 59.7 Å². The summed E-state index contributed by atoms with van der Waals surface area (Å²) >= 11 is 0. The number of carbonyl (C=O) groups is 2. The van der Waals surface area contributed by atoms with Crippen molar-refractivity contribution in [2.45, 2.75) is 52.1 Å². The molecule has 0 aromatic heterocycles. The fourth-order valence-electron chi connectivity index (χ4n) is 3.61. The molecule has 6 nitrogen and oxygen atoms in total. The summed E-state index contributed by atoms with van der Waals surface area (Å²) in [6.45, 7) is 7.22. The summed E-state index contributed by atoms with van der Waals surface area (Å²) in [5.41, 5.74) is 2.16. The van der Waals surface area contributed by atoms with Crippen LogP contribution in [-0.4, -0.2) is 48.6 Å². The Morgan fingerprint density at radius 2 is 1.65 bits per heavy atom. The average molecular weight is 425 g/mol. The van der Waals surface area contributed by atoms with Crippen LogP contribution in [0.1, 0.15) is 38.3 Å². The molecule has 1 unspecified atom stereocenters. The number of fused-ring (bicyclic) bond motifs is 1. The molecule has 0 bridgehead atoms. The van der Waals surface area contributed by atoms with Gasteiger partial charge in [-0.25, -0.2) is 0 Å². The molecule has 2 aromatic rings. The zero-order valence-corrected chi connectivity index (χ0v) is 18.6. The van der Waals surface area contributed by atoms with Crippen molar-refractivity contribution in [2.24, 2.45) is 0 Å². The molecule has 0 saturated carbocycles. The Morgan fingerprint density at radius 1 is 0.935 bits per heavy atom. The van der Waals surface area contributed by atoms with Gasteiger partial charge in [0.1, 0.15) is 19.3 Å². The van der Waals surface area contributed by atoms with Gasteiger partial charge in [0.05, 0.1) is 0 Å². The molecule has 1 atom stereocenters. The largest absolute Gasteiger partial charge is 0.486 e. The Morgan fingerprint density at radius 3 is 2.35 bits per heavy atom. The average Bonchev–Trinajstić information content (AvgIpc) is 2.77. The van der Waals surface area contributed by atoms with Crippen molar-refractivity contribution in [1.29, 1.82) is 0 Å². The van der Waals surface area contributed by atoms with Crippen LogP contribution in [0.25, 0.3) is 0 Å². The minimum absolute atomic E-state index is 0.0266. The number of hydrogen-bond donors (Lipinski definition) is 1. The highest BCUT2D eigenvalue weighted by Gasteiger charge is 2.26. The Bertz CT molecular complexity index is 882. The third-order valence-corrected chi connectivity index (χ3v) is 5.32. The molecule has 1 heterocycles. The molecule has 0 radical (unpaired) electrons. The van der Waals surface area contributed by atoms with Gasteiger partial charge in [-0.3, -0.25) is 9.59 Å². The number of nitrogens with one attached hydrogen (secondary N) is 1. The van der Waals surface area contributed by atoms with Crippen LogP contribution in [0, 0.1) is 0 Å². The number of ether oxygens (including phenoxy) is 2. The fourth-order valence-corrected chi connectivity index (χ4v) is 3.61. The van der Waals surface area contributed by atoms with Crippen LogP contribution < -0.4 is 14.8 Å². The number of benzene rings is 2. The highest BCUT2D eigenvalue weighted by molar-refractivity contribution is 5.87. The maximum Gasteiger partial charge on any atom is 0.242 e. The number of carbonyl (C=O) groups excluding carboxylic acids is 2. The van der Waals surface area contributed by atoms with Gasteiger partial charge >= 0.3 is 0 Å². The van der Waals surface area contributed by atoms with Crippen LogP contribution >= 0.6 is 0 Å². The van der Waals surface area contributed by atoms with Crippen molar-refractivity contribution < 1.29 is 19.1 Å². The number of aryl methyl sites for hydroxylation is 1. The molecule has 0 fully saturated rings. The first-order valence-electron chi connectivity index (χ1n) is 11.0. The summed E-state index contributed by atoms with van der Waals surface area (Å²) in [7, 11) is 0. The molecular weight excluding hydrogens is 392 g/mol. The van der Waals surface area contributed by atoms with E-state index in [1.807, 2.05) is 62.4 Å². The molecule has 0 aliphatic carbocycles. The minimum Gasteiger partial charge on any atom is -0.486 e. The Labute approximate surface area is 184 Å². The Kier molecular flexibility index (Phi) is 7.93. The number of rotatable bonds is 9. The minimum atomic E-state index is -0.529. The van der Waals surface area contributed by atoms with Crippen molar-refractivity contribution in [1.82, 2.24) is 10.2 Å². The third kappa shape index (κ3) is 6.48. The lowest BCUT2D eigenvalue weighted by Gasteiger charge is -2.29. The van der Waals surface area contributed by atoms with Gasteiger partial charge in [0.2, 0.25) is 11.8 Å². The van der Waals surface area contributed by atoms with E-state index in [1.165, 1.54) is 0 Å². The highest BCUT2D eigenvalue weighted by Crippen LogP contribution is 2.31. The number of hydrogen-bond acceptors (Lipinski definition) is 4. The van der Waals surface area contributed by atoms with Crippen LogP contribution in [-0.2, 0) is 22.4 Å². The third-order valence-electron chi connectivity index (χ3n) is 5.32. The molecular formula is C25H32N2O4. The molecule has 2 amide bonds. The van der Waals surface area contributed by atoms with E-state index < -0.39 is 6.04 Å². The molecule has 31 heavy (non-hydrogen) atoms. The van der Waals surface area contributed by atoms with Gasteiger partial charge in [0.25, 0.3) is 0 Å². The van der Waals surface area contributed by atoms with Crippen molar-refractivity contribution >= 4 is 11.8 Å². The van der Waals surface area contributed by atoms with Crippen LogP contribution in [0.5, 0.6) is 11.5 Å². The summed E-state index contributed by atoms with van der Waals surface area (Å²) in [6.07, 6.45) is 1.61. The quantitative estimate of drug-likeness (QED) is 0.670. The summed E-state index contributed by atoms with van der Waals surface area (Å²) in [4.78, 5) is 27.5. The van der Waals surface area contributed by atoms with Crippen molar-refractivity contribution in [3.63, 3.8) is 0 Å². The number of amides is 2. The van der Waals surface area contributed by atoms with E-state index in [0.29, 0.717) is 39.0 Å². The normalized spacial score (nSPS) is 13.5. The van der Waals surface area contributed by atoms with Crippen LogP contribution in [0.3, 0.4) is 0 Å². The maximum atomic E-state index is 13.1. The first-order chi connectivity index (χ1) is 14.9. The van der Waals surface area contributed by atoms with E-state index in [-0.39, 0.29) is 17.9 Å². The second-order valence-electron chi connectivity index (χ2n) is 8.14. The molecule has 2 aromatic carbocycles. The molecule has 166 valence electrons. The molecule has 1 N–H and O–H groups in total. The van der Waals surface area contributed by atoms with E-state index in [4.69, 9.17) is 9.47 Å². The van der Waals surface area contributed by atoms with E-state index in [0.717, 1.165) is 22.6 Å². The highest BCUT2D eigenvalue weighted by atomic mass is 16.6. The van der Waals surface area contributed by atoms with Gasteiger partial charge in [0.15, 0.2) is 11.5 Å². The maximum absolute atomic E-state index is 13.1. The van der Waals surface area contributed by atoms with Crippen molar-refractivity contribution in [3.8, 4) is 11.5 Å². The zero-order valence-electron chi connectivity index (χ0n) is 18.6. The zero-order chi connectivity index (χ0) is 22.2. The van der Waals surface area contributed by atoms with Gasteiger partial charge in [-0.15, -0.1) is 0 Å². The lowest BCUT2D eigenvalue weighted by atomic mass is 10.1. The van der Waals surface area contributed by atoms with Gasteiger partial charge in [-0.2, -0.15) is 0 Å². The van der Waals surface area contributed by atoms with Crippen LogP contribution in [0.4, 0.5) is 0 Å². The van der Waals surface area contributed by atoms with Crippen molar-refractivity contribution in [2.75, 3.05) is 19.8 Å². The summed E-state index contributed by atoms with van der Waals surface area (Å²) < 4.78 is 11.2. The monoisotopic (exact) mass is 424 g/mol. The Balaban J connectivity index is 1.66. The van der Waals surface area contributed by atoms with E-state index in [2.05, 4.69) is 5.32 Å². The summed E-state index contributed by atoms with van der Waals surface area (Å²) in [5, 5.41) is 2.92. The smallest absolute Gasteiger partial charge is 0.242 e. The van der Waals surface area contributed by atoms with E-state index >= 15 is 0 Å². The second kappa shape index (κ2) is 10.8. The second-order valence-corrected chi connectivity index (χ2v) is 8.14. The van der Waals surface area contributed by atoms with Gasteiger partial charge in [0, 0.05) is 19.0 Å². The first kappa shape index (κ1) is 22.7. The van der Waals surface area contributed by atoms with Crippen LogP contribution in [0.2, 0.25) is 0 Å². The van der Waals surface area contributed by atoms with Gasteiger partial charge in [-0.1, -0.05) is 36.4 Å². The predicted molar refractivity (Wildman–Crippen MR) is 120 cm³/mol. The SMILES string of the molecule is CC(C)NC(=O)C(C)N(CCc1ccccc1)C(=O)CCc1ccc2c(c1)OCCO2. The molecule has 0 spiro atoms. The lowest BCUT2D eigenvalue weighted by Crippen LogP contribution is -2.50. The first-order valence-corrected chi connectivity index (χ1v) is 11.0. The van der Waals surface area contributed by atoms with E-state index in [9.17, 15) is 9.59 Å².